The van der Waals surface area contributed by atoms with Crippen LogP contribution in [0.4, 0.5) is 0 Å². The van der Waals surface area contributed by atoms with E-state index in [1.807, 2.05) is 24.3 Å². The maximum atomic E-state index is 10.3. The van der Waals surface area contributed by atoms with Crippen LogP contribution >= 0.6 is 0 Å². The van der Waals surface area contributed by atoms with E-state index in [0.717, 1.165) is 43.4 Å². The summed E-state index contributed by atoms with van der Waals surface area (Å²) in [7, 11) is 0. The molecule has 0 aromatic heterocycles. The number of unbranched alkanes of at least 4 members (excludes halogenated alkanes) is 20. The lowest BCUT2D eigenvalue weighted by molar-refractivity contribution is 0.161. The zero-order chi connectivity index (χ0) is 33.8. The van der Waals surface area contributed by atoms with E-state index in [9.17, 15) is 10.2 Å². The molecule has 0 heterocycles. The van der Waals surface area contributed by atoms with Crippen LogP contribution in [0.3, 0.4) is 0 Å². The van der Waals surface area contributed by atoms with Crippen molar-refractivity contribution in [1.29, 1.82) is 0 Å². The average Bonchev–Trinajstić information content (AvgIpc) is 3.07. The Labute approximate surface area is 289 Å². The summed E-state index contributed by atoms with van der Waals surface area (Å²) >= 11 is 0. The molecule has 0 unspecified atom stereocenters. The van der Waals surface area contributed by atoms with Gasteiger partial charge < -0.3 is 19.7 Å². The summed E-state index contributed by atoms with van der Waals surface area (Å²) in [4.78, 5) is 0. The van der Waals surface area contributed by atoms with E-state index >= 15 is 0 Å². The van der Waals surface area contributed by atoms with E-state index in [2.05, 4.69) is 39.0 Å². The third-order valence-corrected chi connectivity index (χ3v) is 9.28. The van der Waals surface area contributed by atoms with Gasteiger partial charge in [-0.05, 0) is 67.5 Å². The second-order valence-corrected chi connectivity index (χ2v) is 13.6. The summed E-state index contributed by atoms with van der Waals surface area (Å²) in [5.41, 5.74) is 3.10. The predicted octanol–water partition coefficient (Wildman–Crippen LogP) is 14.4. The third-order valence-electron chi connectivity index (χ3n) is 9.28. The molecule has 2 rings (SSSR count). The Bertz CT molecular complexity index is 1050. The zero-order valence-corrected chi connectivity index (χ0v) is 30.6. The first-order valence-corrected chi connectivity index (χ1v) is 19.7. The van der Waals surface area contributed by atoms with Crippen LogP contribution in [0.15, 0.2) is 48.4 Å². The van der Waals surface area contributed by atoms with Gasteiger partial charge in [0.25, 0.3) is 0 Å². The number of rotatable bonds is 30. The standard InChI is InChI=1S/C43H70O4/c1-4-7-10-13-16-18-21-24-27-37-29-32-39(33-30-37)47-41-34-31-38(28-25-22-19-17-14-11-8-5-2)36-40(41)42(43(44)45)46-35-26-23-20-15-12-9-6-3/h29-34,36,44-45H,4-28,35H2,1-3H3. The Hall–Kier alpha value is -2.62. The third kappa shape index (κ3) is 19.1. The second-order valence-electron chi connectivity index (χ2n) is 13.6. The van der Waals surface area contributed by atoms with Crippen molar-refractivity contribution in [3.8, 4) is 11.5 Å². The van der Waals surface area contributed by atoms with Gasteiger partial charge in [-0.15, -0.1) is 0 Å². The van der Waals surface area contributed by atoms with Gasteiger partial charge in [0.2, 0.25) is 5.76 Å². The van der Waals surface area contributed by atoms with E-state index in [1.54, 1.807) is 0 Å². The summed E-state index contributed by atoms with van der Waals surface area (Å²) in [6.07, 6.45) is 31.1. The van der Waals surface area contributed by atoms with Crippen molar-refractivity contribution in [2.75, 3.05) is 6.61 Å². The fraction of sp³-hybridized carbons (Fsp3) is 0.674. The van der Waals surface area contributed by atoms with Crippen molar-refractivity contribution in [3.05, 3.63) is 65.1 Å². The monoisotopic (exact) mass is 651 g/mol. The topological polar surface area (TPSA) is 58.9 Å². The fourth-order valence-electron chi connectivity index (χ4n) is 6.27. The molecule has 2 aromatic rings. The first-order valence-electron chi connectivity index (χ1n) is 19.7. The number of aliphatic hydroxyl groups is 2. The zero-order valence-electron chi connectivity index (χ0n) is 30.6. The average molecular weight is 651 g/mol. The van der Waals surface area contributed by atoms with Crippen molar-refractivity contribution in [3.63, 3.8) is 0 Å². The number of ether oxygens (including phenoxy) is 2. The van der Waals surface area contributed by atoms with Crippen LogP contribution in [0, 0.1) is 0 Å². The highest BCUT2D eigenvalue weighted by molar-refractivity contribution is 5.67. The van der Waals surface area contributed by atoms with Crippen LogP contribution < -0.4 is 4.74 Å². The quantitative estimate of drug-likeness (QED) is 0.0652. The smallest absolute Gasteiger partial charge is 0.319 e. The molecule has 4 nitrogen and oxygen atoms in total. The van der Waals surface area contributed by atoms with E-state index in [1.165, 1.54) is 134 Å². The number of benzene rings is 2. The number of hydrogen-bond donors (Lipinski definition) is 2. The van der Waals surface area contributed by atoms with Gasteiger partial charge in [0.15, 0.2) is 0 Å². The molecule has 4 heteroatoms. The summed E-state index contributed by atoms with van der Waals surface area (Å²) < 4.78 is 12.4. The molecule has 0 aliphatic heterocycles. The first-order chi connectivity index (χ1) is 23.1. The molecule has 0 spiro atoms. The summed E-state index contributed by atoms with van der Waals surface area (Å²) in [6, 6.07) is 14.5. The highest BCUT2D eigenvalue weighted by atomic mass is 16.5. The molecule has 0 saturated heterocycles. The fourth-order valence-corrected chi connectivity index (χ4v) is 6.27. The molecule has 0 fully saturated rings. The minimum atomic E-state index is -0.789. The molecule has 0 saturated carbocycles. The molecule has 266 valence electrons. The number of hydrogen-bond acceptors (Lipinski definition) is 4. The van der Waals surface area contributed by atoms with Crippen molar-refractivity contribution in [2.45, 2.75) is 181 Å². The van der Waals surface area contributed by atoms with Gasteiger partial charge in [-0.3, -0.25) is 0 Å². The van der Waals surface area contributed by atoms with Crippen molar-refractivity contribution in [2.24, 2.45) is 0 Å². The first kappa shape index (κ1) is 40.6. The number of aliphatic hydroxyl groups excluding tert-OH is 1. The highest BCUT2D eigenvalue weighted by Gasteiger charge is 2.18. The van der Waals surface area contributed by atoms with Crippen LogP contribution in [-0.4, -0.2) is 16.8 Å². The van der Waals surface area contributed by atoms with Gasteiger partial charge >= 0.3 is 5.95 Å². The Morgan fingerprint density at radius 2 is 0.915 bits per heavy atom. The second kappa shape index (κ2) is 27.3. The maximum absolute atomic E-state index is 10.3. The molecule has 0 atom stereocenters. The van der Waals surface area contributed by atoms with Crippen LogP contribution in [0.5, 0.6) is 11.5 Å². The lowest BCUT2D eigenvalue weighted by Crippen LogP contribution is -2.03. The van der Waals surface area contributed by atoms with Gasteiger partial charge in [-0.1, -0.05) is 167 Å². The number of aryl methyl sites for hydroxylation is 2. The lowest BCUT2D eigenvalue weighted by atomic mass is 10.0. The van der Waals surface area contributed by atoms with Crippen molar-refractivity contribution < 1.29 is 19.7 Å². The highest BCUT2D eigenvalue weighted by Crippen LogP contribution is 2.34. The molecule has 47 heavy (non-hydrogen) atoms. The molecule has 2 aromatic carbocycles. The molecule has 2 N–H and O–H groups in total. The molecule has 0 aliphatic rings. The predicted molar refractivity (Wildman–Crippen MR) is 202 cm³/mol. The van der Waals surface area contributed by atoms with Gasteiger partial charge in [0.1, 0.15) is 11.5 Å². The Morgan fingerprint density at radius 1 is 0.489 bits per heavy atom. The molecule has 0 amide bonds. The lowest BCUT2D eigenvalue weighted by Gasteiger charge is -2.17. The SMILES string of the molecule is CCCCCCCCCCc1ccc(Oc2ccc(CCCCCCCCCC)cc2C(OCCCCCCCCC)=C(O)O)cc1. The van der Waals surface area contributed by atoms with E-state index in [0.29, 0.717) is 17.9 Å². The van der Waals surface area contributed by atoms with Crippen molar-refractivity contribution in [1.82, 2.24) is 0 Å². The van der Waals surface area contributed by atoms with Crippen LogP contribution in [0.2, 0.25) is 0 Å². The summed E-state index contributed by atoms with van der Waals surface area (Å²) in [6.45, 7) is 7.21. The van der Waals surface area contributed by atoms with Gasteiger partial charge in [-0.2, -0.15) is 0 Å². The maximum Gasteiger partial charge on any atom is 0.319 e. The van der Waals surface area contributed by atoms with Crippen LogP contribution in [-0.2, 0) is 17.6 Å². The Morgan fingerprint density at radius 3 is 1.40 bits per heavy atom. The van der Waals surface area contributed by atoms with Gasteiger partial charge in [-0.25, -0.2) is 0 Å². The molecule has 0 bridgehead atoms. The van der Waals surface area contributed by atoms with Crippen molar-refractivity contribution >= 4 is 5.76 Å². The van der Waals surface area contributed by atoms with E-state index < -0.39 is 5.95 Å². The summed E-state index contributed by atoms with van der Waals surface area (Å²) in [5.74, 6) is 0.638. The Kier molecular flexibility index (Phi) is 23.6. The molecule has 0 aliphatic carbocycles. The normalized spacial score (nSPS) is 11.1. The minimum absolute atomic E-state index is 0.107. The molecular weight excluding hydrogens is 580 g/mol. The minimum Gasteiger partial charge on any atom is -0.486 e. The molecular formula is C43H70O4. The largest absolute Gasteiger partial charge is 0.486 e. The van der Waals surface area contributed by atoms with E-state index in [4.69, 9.17) is 9.47 Å². The van der Waals surface area contributed by atoms with Crippen LogP contribution in [0.25, 0.3) is 5.76 Å². The Balaban J connectivity index is 2.01. The molecule has 0 radical (unpaired) electrons. The van der Waals surface area contributed by atoms with Gasteiger partial charge in [0, 0.05) is 0 Å². The van der Waals surface area contributed by atoms with Crippen LogP contribution in [0.1, 0.15) is 185 Å². The summed E-state index contributed by atoms with van der Waals surface area (Å²) in [5, 5.41) is 20.7. The van der Waals surface area contributed by atoms with Gasteiger partial charge in [0.05, 0.1) is 12.2 Å². The van der Waals surface area contributed by atoms with E-state index in [-0.39, 0.29) is 5.76 Å².